The van der Waals surface area contributed by atoms with E-state index < -0.39 is 0 Å². The molecule has 0 saturated heterocycles. The average molecular weight is 287 g/mol. The van der Waals surface area contributed by atoms with Crippen molar-refractivity contribution in [1.29, 1.82) is 0 Å². The van der Waals surface area contributed by atoms with Gasteiger partial charge in [-0.2, -0.15) is 0 Å². The van der Waals surface area contributed by atoms with E-state index >= 15 is 0 Å². The summed E-state index contributed by atoms with van der Waals surface area (Å²) >= 11 is 0. The van der Waals surface area contributed by atoms with Crippen LogP contribution in [0.3, 0.4) is 0 Å². The lowest BCUT2D eigenvalue weighted by Gasteiger charge is -2.28. The Labute approximate surface area is 126 Å². The summed E-state index contributed by atoms with van der Waals surface area (Å²) in [6.07, 6.45) is 4.74. The van der Waals surface area contributed by atoms with Gasteiger partial charge in [0.25, 0.3) is 0 Å². The van der Waals surface area contributed by atoms with Crippen LogP contribution in [0.25, 0.3) is 0 Å². The SMILES string of the molecule is CCN(C(=O)CN(c1ccc(CN)cc1)C1CC1)C1CC1. The summed E-state index contributed by atoms with van der Waals surface area (Å²) < 4.78 is 0. The van der Waals surface area contributed by atoms with Crippen molar-refractivity contribution >= 4 is 11.6 Å². The fourth-order valence-corrected chi connectivity index (χ4v) is 2.90. The highest BCUT2D eigenvalue weighted by atomic mass is 16.2. The lowest BCUT2D eigenvalue weighted by Crippen LogP contribution is -2.42. The van der Waals surface area contributed by atoms with Gasteiger partial charge in [-0.25, -0.2) is 0 Å². The van der Waals surface area contributed by atoms with E-state index in [0.717, 1.165) is 17.8 Å². The van der Waals surface area contributed by atoms with Gasteiger partial charge in [-0.15, -0.1) is 0 Å². The van der Waals surface area contributed by atoms with Crippen molar-refractivity contribution in [1.82, 2.24) is 4.90 Å². The van der Waals surface area contributed by atoms with Gasteiger partial charge in [-0.1, -0.05) is 12.1 Å². The summed E-state index contributed by atoms with van der Waals surface area (Å²) in [7, 11) is 0. The van der Waals surface area contributed by atoms with Gasteiger partial charge in [0.1, 0.15) is 0 Å². The molecule has 0 heterocycles. The molecule has 0 spiro atoms. The summed E-state index contributed by atoms with van der Waals surface area (Å²) in [5, 5.41) is 0. The number of hydrogen-bond acceptors (Lipinski definition) is 3. The monoisotopic (exact) mass is 287 g/mol. The van der Waals surface area contributed by atoms with Crippen LogP contribution >= 0.6 is 0 Å². The van der Waals surface area contributed by atoms with Crippen LogP contribution in [-0.4, -0.2) is 36.0 Å². The first kappa shape index (κ1) is 14.4. The molecule has 2 aliphatic rings. The largest absolute Gasteiger partial charge is 0.359 e. The van der Waals surface area contributed by atoms with E-state index in [1.54, 1.807) is 0 Å². The van der Waals surface area contributed by atoms with Crippen molar-refractivity contribution in [2.75, 3.05) is 18.0 Å². The molecule has 4 heteroatoms. The van der Waals surface area contributed by atoms with Gasteiger partial charge < -0.3 is 15.5 Å². The topological polar surface area (TPSA) is 49.6 Å². The molecule has 0 atom stereocenters. The molecule has 0 radical (unpaired) electrons. The summed E-state index contributed by atoms with van der Waals surface area (Å²) in [6, 6.07) is 9.36. The van der Waals surface area contributed by atoms with E-state index in [0.29, 0.717) is 25.2 Å². The zero-order valence-corrected chi connectivity index (χ0v) is 12.8. The Bertz CT molecular complexity index is 491. The number of hydrogen-bond donors (Lipinski definition) is 1. The van der Waals surface area contributed by atoms with Crippen molar-refractivity contribution in [3.63, 3.8) is 0 Å². The second kappa shape index (κ2) is 6.06. The molecule has 0 bridgehead atoms. The normalized spacial score (nSPS) is 17.6. The second-order valence-corrected chi connectivity index (χ2v) is 6.14. The van der Waals surface area contributed by atoms with Gasteiger partial charge in [0.05, 0.1) is 6.54 Å². The number of rotatable bonds is 7. The van der Waals surface area contributed by atoms with Crippen LogP contribution in [0.2, 0.25) is 0 Å². The van der Waals surface area contributed by atoms with Crippen molar-refractivity contribution in [3.05, 3.63) is 29.8 Å². The third-order valence-electron chi connectivity index (χ3n) is 4.45. The number of amides is 1. The zero-order valence-electron chi connectivity index (χ0n) is 12.8. The molecular formula is C17H25N3O. The molecule has 2 saturated carbocycles. The van der Waals surface area contributed by atoms with Gasteiger partial charge in [0, 0.05) is 30.9 Å². The molecule has 1 amide bonds. The first-order valence-electron chi connectivity index (χ1n) is 8.08. The number of carbonyl (C=O) groups excluding carboxylic acids is 1. The fraction of sp³-hybridized carbons (Fsp3) is 0.588. The molecule has 0 aliphatic heterocycles. The van der Waals surface area contributed by atoms with E-state index in [4.69, 9.17) is 5.73 Å². The minimum absolute atomic E-state index is 0.273. The Morgan fingerprint density at radius 2 is 1.76 bits per heavy atom. The third-order valence-corrected chi connectivity index (χ3v) is 4.45. The molecule has 3 rings (SSSR count). The molecule has 1 aromatic rings. The number of anilines is 1. The number of carbonyl (C=O) groups is 1. The Morgan fingerprint density at radius 1 is 1.14 bits per heavy atom. The molecular weight excluding hydrogens is 262 g/mol. The highest BCUT2D eigenvalue weighted by Gasteiger charge is 2.35. The minimum atomic E-state index is 0.273. The van der Waals surface area contributed by atoms with Gasteiger partial charge in [-0.3, -0.25) is 4.79 Å². The van der Waals surface area contributed by atoms with Crippen LogP contribution in [0.5, 0.6) is 0 Å². The number of nitrogens with zero attached hydrogens (tertiary/aromatic N) is 2. The number of nitrogens with two attached hydrogens (primary N) is 1. The third kappa shape index (κ3) is 3.38. The first-order chi connectivity index (χ1) is 10.2. The van der Waals surface area contributed by atoms with E-state index in [1.165, 1.54) is 25.7 Å². The Hall–Kier alpha value is -1.55. The highest BCUT2D eigenvalue weighted by Crippen LogP contribution is 2.33. The maximum absolute atomic E-state index is 12.6. The van der Waals surface area contributed by atoms with E-state index in [2.05, 4.69) is 36.1 Å². The maximum atomic E-state index is 12.6. The Balaban J connectivity index is 1.70. The predicted molar refractivity (Wildman–Crippen MR) is 85.1 cm³/mol. The maximum Gasteiger partial charge on any atom is 0.242 e. The molecule has 0 unspecified atom stereocenters. The van der Waals surface area contributed by atoms with E-state index in [-0.39, 0.29) is 5.91 Å². The van der Waals surface area contributed by atoms with Gasteiger partial charge in [0.2, 0.25) is 5.91 Å². The lowest BCUT2D eigenvalue weighted by molar-refractivity contribution is -0.130. The molecule has 21 heavy (non-hydrogen) atoms. The van der Waals surface area contributed by atoms with Gasteiger partial charge >= 0.3 is 0 Å². The Kier molecular flexibility index (Phi) is 4.15. The standard InChI is InChI=1S/C17H25N3O/c1-2-19(14-7-8-14)17(21)12-20(16-9-10-16)15-5-3-13(11-18)4-6-15/h3-6,14,16H,2,7-12,18H2,1H3. The fourth-order valence-electron chi connectivity index (χ4n) is 2.90. The second-order valence-electron chi connectivity index (χ2n) is 6.14. The van der Waals surface area contributed by atoms with Crippen LogP contribution in [0.1, 0.15) is 38.2 Å². The van der Waals surface area contributed by atoms with Crippen molar-refractivity contribution < 1.29 is 4.79 Å². The first-order valence-corrected chi connectivity index (χ1v) is 8.08. The van der Waals surface area contributed by atoms with E-state index in [9.17, 15) is 4.79 Å². The summed E-state index contributed by atoms with van der Waals surface area (Å²) in [5.41, 5.74) is 7.93. The number of benzene rings is 1. The predicted octanol–water partition coefficient (Wildman–Crippen LogP) is 2.12. The van der Waals surface area contributed by atoms with Crippen LogP contribution in [0.4, 0.5) is 5.69 Å². The van der Waals surface area contributed by atoms with Crippen LogP contribution < -0.4 is 10.6 Å². The van der Waals surface area contributed by atoms with Gasteiger partial charge in [0.15, 0.2) is 0 Å². The van der Waals surface area contributed by atoms with Crippen molar-refractivity contribution in [2.24, 2.45) is 5.73 Å². The molecule has 4 nitrogen and oxygen atoms in total. The summed E-state index contributed by atoms with van der Waals surface area (Å²) in [5.74, 6) is 0.273. The molecule has 2 fully saturated rings. The quantitative estimate of drug-likeness (QED) is 0.836. The molecule has 114 valence electrons. The van der Waals surface area contributed by atoms with Crippen molar-refractivity contribution in [2.45, 2.75) is 51.2 Å². The molecule has 2 aliphatic carbocycles. The Morgan fingerprint density at radius 3 is 2.24 bits per heavy atom. The summed E-state index contributed by atoms with van der Waals surface area (Å²) in [6.45, 7) is 3.98. The molecule has 1 aromatic carbocycles. The summed E-state index contributed by atoms with van der Waals surface area (Å²) in [4.78, 5) is 16.9. The van der Waals surface area contributed by atoms with Crippen molar-refractivity contribution in [3.8, 4) is 0 Å². The van der Waals surface area contributed by atoms with Crippen LogP contribution in [0, 0.1) is 0 Å². The van der Waals surface area contributed by atoms with Crippen LogP contribution in [0.15, 0.2) is 24.3 Å². The van der Waals surface area contributed by atoms with Crippen LogP contribution in [-0.2, 0) is 11.3 Å². The smallest absolute Gasteiger partial charge is 0.242 e. The highest BCUT2D eigenvalue weighted by molar-refractivity contribution is 5.82. The minimum Gasteiger partial charge on any atom is -0.359 e. The molecule has 2 N–H and O–H groups in total. The lowest BCUT2D eigenvalue weighted by atomic mass is 10.2. The molecule has 0 aromatic heterocycles. The van der Waals surface area contributed by atoms with E-state index in [1.807, 2.05) is 4.90 Å². The van der Waals surface area contributed by atoms with Gasteiger partial charge in [-0.05, 0) is 50.3 Å². The zero-order chi connectivity index (χ0) is 14.8. The number of likely N-dealkylation sites (N-methyl/N-ethyl adjacent to an activating group) is 1. The average Bonchev–Trinajstić information content (AvgIpc) is 3.38.